The molecule has 3 aromatic rings. The van der Waals surface area contributed by atoms with Crippen molar-refractivity contribution < 1.29 is 9.53 Å². The van der Waals surface area contributed by atoms with Gasteiger partial charge in [0.05, 0.1) is 18.8 Å². The van der Waals surface area contributed by atoms with E-state index in [2.05, 4.69) is 15.1 Å². The van der Waals surface area contributed by atoms with Gasteiger partial charge in [-0.05, 0) is 50.1 Å². The van der Waals surface area contributed by atoms with Crippen molar-refractivity contribution in [3.05, 3.63) is 58.7 Å². The molecule has 1 unspecified atom stereocenters. The number of amides is 1. The second kappa shape index (κ2) is 6.49. The number of benzene rings is 1. The highest BCUT2D eigenvalue weighted by Gasteiger charge is 2.28. The van der Waals surface area contributed by atoms with Crippen LogP contribution in [0.15, 0.2) is 30.6 Å². The van der Waals surface area contributed by atoms with Crippen LogP contribution in [0.2, 0.25) is 0 Å². The first-order valence-electron chi connectivity index (χ1n) is 8.68. The van der Waals surface area contributed by atoms with Gasteiger partial charge in [-0.1, -0.05) is 6.07 Å². The molecule has 26 heavy (non-hydrogen) atoms. The molecule has 1 aromatic carbocycles. The normalized spacial score (nSPS) is 17.7. The number of rotatable bonds is 2. The second-order valence-electron chi connectivity index (χ2n) is 6.70. The molecule has 1 aliphatic heterocycles. The summed E-state index contributed by atoms with van der Waals surface area (Å²) in [6, 6.07) is 7.78. The second-order valence-corrected chi connectivity index (χ2v) is 6.70. The van der Waals surface area contributed by atoms with Crippen LogP contribution in [-0.2, 0) is 4.74 Å². The first kappa shape index (κ1) is 16.7. The number of carbonyl (C=O) groups is 1. The molecule has 0 spiro atoms. The third-order valence-electron chi connectivity index (χ3n) is 4.84. The number of carbonyl (C=O) groups excluding carboxylic acids is 1. The van der Waals surface area contributed by atoms with Gasteiger partial charge >= 0.3 is 0 Å². The molecule has 0 bridgehead atoms. The van der Waals surface area contributed by atoms with Gasteiger partial charge < -0.3 is 9.64 Å². The molecule has 1 atom stereocenters. The molecule has 7 nitrogen and oxygen atoms in total. The Balaban J connectivity index is 1.62. The number of hydrogen-bond donors (Lipinski definition) is 0. The third kappa shape index (κ3) is 2.94. The van der Waals surface area contributed by atoms with E-state index in [4.69, 9.17) is 4.74 Å². The van der Waals surface area contributed by atoms with Gasteiger partial charge in [0.15, 0.2) is 0 Å². The molecule has 0 N–H and O–H groups in total. The number of aryl methyl sites for hydroxylation is 3. The topological polar surface area (TPSA) is 72.6 Å². The predicted molar refractivity (Wildman–Crippen MR) is 96.0 cm³/mol. The Hall–Kier alpha value is -2.80. The molecular formula is C19H21N5O2. The van der Waals surface area contributed by atoms with Gasteiger partial charge in [0.2, 0.25) is 0 Å². The van der Waals surface area contributed by atoms with Gasteiger partial charge in [0.1, 0.15) is 12.4 Å². The zero-order chi connectivity index (χ0) is 18.3. The maximum absolute atomic E-state index is 12.9. The van der Waals surface area contributed by atoms with Gasteiger partial charge in [-0.3, -0.25) is 4.79 Å². The molecule has 1 amide bonds. The van der Waals surface area contributed by atoms with Gasteiger partial charge in [-0.25, -0.2) is 4.98 Å². The van der Waals surface area contributed by atoms with E-state index in [0.717, 1.165) is 17.0 Å². The van der Waals surface area contributed by atoms with Crippen molar-refractivity contribution >= 4 is 11.7 Å². The van der Waals surface area contributed by atoms with Crippen molar-refractivity contribution in [2.24, 2.45) is 0 Å². The van der Waals surface area contributed by atoms with E-state index in [1.165, 1.54) is 11.9 Å². The maximum atomic E-state index is 12.9. The lowest BCUT2D eigenvalue weighted by atomic mass is 10.0. The standard InChI is InChI=1S/C19H21N5O2/c1-12-4-5-15(8-13(12)2)18(25)23-6-7-26-17(10-23)16-9-14(3)22-19-20-11-21-24(16)19/h4-5,8-9,11,17H,6-7,10H2,1-3H3. The zero-order valence-electron chi connectivity index (χ0n) is 15.1. The molecule has 3 heterocycles. The summed E-state index contributed by atoms with van der Waals surface area (Å²) in [5.74, 6) is 0.572. The minimum Gasteiger partial charge on any atom is -0.368 e. The van der Waals surface area contributed by atoms with E-state index >= 15 is 0 Å². The third-order valence-corrected chi connectivity index (χ3v) is 4.84. The molecule has 134 valence electrons. The van der Waals surface area contributed by atoms with Crippen LogP contribution in [0.1, 0.15) is 39.0 Å². The molecule has 4 rings (SSSR count). The molecule has 0 aliphatic carbocycles. The number of fused-ring (bicyclic) bond motifs is 1. The lowest BCUT2D eigenvalue weighted by molar-refractivity contribution is -0.0257. The van der Waals surface area contributed by atoms with Crippen LogP contribution in [0.25, 0.3) is 5.78 Å². The lowest BCUT2D eigenvalue weighted by Crippen LogP contribution is -2.42. The van der Waals surface area contributed by atoms with E-state index in [1.807, 2.05) is 49.9 Å². The van der Waals surface area contributed by atoms with Crippen LogP contribution in [0.5, 0.6) is 0 Å². The van der Waals surface area contributed by atoms with Gasteiger partial charge in [0, 0.05) is 17.8 Å². The zero-order valence-corrected chi connectivity index (χ0v) is 15.1. The molecule has 0 saturated carbocycles. The summed E-state index contributed by atoms with van der Waals surface area (Å²) >= 11 is 0. The van der Waals surface area contributed by atoms with Crippen LogP contribution in [0.4, 0.5) is 0 Å². The summed E-state index contributed by atoms with van der Waals surface area (Å²) in [5, 5.41) is 4.24. The predicted octanol–water partition coefficient (Wildman–Crippen LogP) is 2.26. The quantitative estimate of drug-likeness (QED) is 0.708. The molecule has 1 fully saturated rings. The fraction of sp³-hybridized carbons (Fsp3) is 0.368. The number of morpholine rings is 1. The summed E-state index contributed by atoms with van der Waals surface area (Å²) in [5.41, 5.74) is 4.73. The van der Waals surface area contributed by atoms with E-state index in [9.17, 15) is 4.79 Å². The number of hydrogen-bond acceptors (Lipinski definition) is 5. The monoisotopic (exact) mass is 351 g/mol. The Morgan fingerprint density at radius 3 is 2.85 bits per heavy atom. The van der Waals surface area contributed by atoms with Crippen molar-refractivity contribution in [3.63, 3.8) is 0 Å². The van der Waals surface area contributed by atoms with Gasteiger partial charge in [0.25, 0.3) is 11.7 Å². The van der Waals surface area contributed by atoms with E-state index in [0.29, 0.717) is 31.0 Å². The first-order chi connectivity index (χ1) is 12.5. The minimum atomic E-state index is -0.259. The Labute approximate surface area is 151 Å². The fourth-order valence-corrected chi connectivity index (χ4v) is 3.26. The highest BCUT2D eigenvalue weighted by Crippen LogP contribution is 2.24. The average Bonchev–Trinajstić information content (AvgIpc) is 3.11. The average molecular weight is 351 g/mol. The summed E-state index contributed by atoms with van der Waals surface area (Å²) in [7, 11) is 0. The Kier molecular flexibility index (Phi) is 4.16. The van der Waals surface area contributed by atoms with Gasteiger partial charge in [-0.2, -0.15) is 14.6 Å². The lowest BCUT2D eigenvalue weighted by Gasteiger charge is -2.33. The maximum Gasteiger partial charge on any atom is 0.254 e. The molecular weight excluding hydrogens is 330 g/mol. The first-order valence-corrected chi connectivity index (χ1v) is 8.68. The van der Waals surface area contributed by atoms with Crippen LogP contribution >= 0.6 is 0 Å². The molecule has 1 aliphatic rings. The Bertz CT molecular complexity index is 981. The minimum absolute atomic E-state index is 0.0296. The highest BCUT2D eigenvalue weighted by atomic mass is 16.5. The van der Waals surface area contributed by atoms with Crippen LogP contribution in [0, 0.1) is 20.8 Å². The van der Waals surface area contributed by atoms with Gasteiger partial charge in [-0.15, -0.1) is 0 Å². The number of aromatic nitrogens is 4. The van der Waals surface area contributed by atoms with Crippen molar-refractivity contribution in [1.82, 2.24) is 24.5 Å². The van der Waals surface area contributed by atoms with E-state index < -0.39 is 0 Å². The van der Waals surface area contributed by atoms with Crippen LogP contribution in [-0.4, -0.2) is 50.1 Å². The fourth-order valence-electron chi connectivity index (χ4n) is 3.26. The van der Waals surface area contributed by atoms with Crippen molar-refractivity contribution in [2.45, 2.75) is 26.9 Å². The van der Waals surface area contributed by atoms with Crippen molar-refractivity contribution in [2.75, 3.05) is 19.7 Å². The summed E-state index contributed by atoms with van der Waals surface area (Å²) in [6.45, 7) is 7.52. The highest BCUT2D eigenvalue weighted by molar-refractivity contribution is 5.94. The van der Waals surface area contributed by atoms with Crippen LogP contribution in [0.3, 0.4) is 0 Å². The summed E-state index contributed by atoms with van der Waals surface area (Å²) in [4.78, 5) is 23.3. The van der Waals surface area contributed by atoms with E-state index in [-0.39, 0.29) is 12.0 Å². The molecule has 7 heteroatoms. The van der Waals surface area contributed by atoms with Crippen LogP contribution < -0.4 is 0 Å². The SMILES string of the molecule is Cc1cc(C2CN(C(=O)c3ccc(C)c(C)c3)CCO2)n2ncnc2n1. The summed E-state index contributed by atoms with van der Waals surface area (Å²) < 4.78 is 7.63. The number of nitrogens with zero attached hydrogens (tertiary/aromatic N) is 5. The molecule has 0 radical (unpaired) electrons. The molecule has 2 aromatic heterocycles. The largest absolute Gasteiger partial charge is 0.368 e. The van der Waals surface area contributed by atoms with Crippen molar-refractivity contribution in [3.8, 4) is 0 Å². The molecule has 1 saturated heterocycles. The summed E-state index contributed by atoms with van der Waals surface area (Å²) in [6.07, 6.45) is 1.22. The Morgan fingerprint density at radius 2 is 2.04 bits per heavy atom. The number of ether oxygens (including phenoxy) is 1. The Morgan fingerprint density at radius 1 is 1.19 bits per heavy atom. The smallest absolute Gasteiger partial charge is 0.254 e. The van der Waals surface area contributed by atoms with Crippen molar-refractivity contribution in [1.29, 1.82) is 0 Å². The van der Waals surface area contributed by atoms with E-state index in [1.54, 1.807) is 4.52 Å².